The van der Waals surface area contributed by atoms with Crippen molar-refractivity contribution >= 4 is 38.8 Å². The quantitative estimate of drug-likeness (QED) is 0.242. The number of hydrogen-bond donors (Lipinski definition) is 2. The number of benzene rings is 3. The van der Waals surface area contributed by atoms with Crippen LogP contribution in [0.15, 0.2) is 77.8 Å². The molecular weight excluding hydrogens is 676 g/mol. The summed E-state index contributed by atoms with van der Waals surface area (Å²) < 4.78 is 111. The molecule has 1 amide bonds. The zero-order valence-corrected chi connectivity index (χ0v) is 25.0. The summed E-state index contributed by atoms with van der Waals surface area (Å²) in [4.78, 5) is 35.0. The first-order chi connectivity index (χ1) is 22.5. The highest BCUT2D eigenvalue weighted by atomic mass is 32.2. The first-order valence-corrected chi connectivity index (χ1v) is 15.2. The van der Waals surface area contributed by atoms with Gasteiger partial charge in [0.25, 0.3) is 0 Å². The number of aromatic carboxylic acids is 1. The Morgan fingerprint density at radius 3 is 2.08 bits per heavy atom. The molecule has 1 aliphatic heterocycles. The van der Waals surface area contributed by atoms with E-state index >= 15 is 0 Å². The molecule has 3 aromatic carbocycles. The van der Waals surface area contributed by atoms with Crippen LogP contribution in [0, 0.1) is 0 Å². The highest BCUT2D eigenvalue weighted by molar-refractivity contribution is 7.89. The number of amides is 1. The number of carboxylic acid groups (broad SMARTS) is 1. The van der Waals surface area contributed by atoms with E-state index < -0.39 is 57.1 Å². The number of aromatic nitrogens is 2. The highest BCUT2D eigenvalue weighted by Gasteiger charge is 2.41. The Labute approximate surface area is 267 Å². The van der Waals surface area contributed by atoms with Crippen LogP contribution in [-0.2, 0) is 21.4 Å². The minimum atomic E-state index is -5.01. The zero-order valence-electron chi connectivity index (χ0n) is 24.2. The number of anilines is 1. The number of carbonyl (C=O) groups excluding carboxylic acids is 1. The molecule has 2 heterocycles. The number of rotatable bonds is 9. The summed E-state index contributed by atoms with van der Waals surface area (Å²) in [6, 6.07) is 10.9. The third-order valence-electron chi connectivity index (χ3n) is 7.03. The molecule has 1 saturated heterocycles. The van der Waals surface area contributed by atoms with Crippen LogP contribution in [0.5, 0.6) is 11.5 Å². The Morgan fingerprint density at radius 1 is 0.896 bits per heavy atom. The van der Waals surface area contributed by atoms with Crippen LogP contribution < -0.4 is 19.7 Å². The van der Waals surface area contributed by atoms with Crippen molar-refractivity contribution in [2.24, 2.45) is 0 Å². The van der Waals surface area contributed by atoms with Gasteiger partial charge in [-0.15, -0.1) is 26.3 Å². The van der Waals surface area contributed by atoms with Gasteiger partial charge in [0.05, 0.1) is 22.2 Å². The number of nitrogens with one attached hydrogen (secondary N) is 1. The molecule has 1 aromatic heterocycles. The predicted molar refractivity (Wildman–Crippen MR) is 154 cm³/mol. The number of para-hydroxylation sites is 1. The summed E-state index contributed by atoms with van der Waals surface area (Å²) in [7, 11) is -4.49. The van der Waals surface area contributed by atoms with E-state index in [1.54, 1.807) is 4.90 Å². The molecule has 4 aromatic rings. The number of hydrogen-bond acceptors (Lipinski definition) is 9. The predicted octanol–water partition coefficient (Wildman–Crippen LogP) is 4.32. The fourth-order valence-corrected chi connectivity index (χ4v) is 6.47. The van der Waals surface area contributed by atoms with E-state index in [0.29, 0.717) is 5.56 Å². The van der Waals surface area contributed by atoms with Crippen molar-refractivity contribution in [3.05, 3.63) is 84.1 Å². The second kappa shape index (κ2) is 13.1. The maximum atomic E-state index is 13.7. The molecule has 2 N–H and O–H groups in total. The van der Waals surface area contributed by atoms with Crippen LogP contribution in [0.1, 0.15) is 15.9 Å². The van der Waals surface area contributed by atoms with Crippen LogP contribution in [0.4, 0.5) is 32.2 Å². The van der Waals surface area contributed by atoms with Crippen LogP contribution in [0.3, 0.4) is 0 Å². The Hall–Kier alpha value is -5.17. The monoisotopic (exact) mass is 699 g/mol. The molecule has 0 aliphatic carbocycles. The molecule has 0 radical (unpaired) electrons. The lowest BCUT2D eigenvalue weighted by molar-refractivity contribution is -0.275. The van der Waals surface area contributed by atoms with Gasteiger partial charge in [0.1, 0.15) is 28.9 Å². The van der Waals surface area contributed by atoms with E-state index in [1.165, 1.54) is 36.5 Å². The zero-order chi connectivity index (χ0) is 34.9. The minimum Gasteiger partial charge on any atom is -0.478 e. The normalized spacial score (nSPS) is 16.0. The van der Waals surface area contributed by atoms with E-state index in [0.717, 1.165) is 40.7 Å². The van der Waals surface area contributed by atoms with Gasteiger partial charge in [0.15, 0.2) is 0 Å². The first-order valence-electron chi connectivity index (χ1n) is 13.7. The molecule has 0 spiro atoms. The second-order valence-electron chi connectivity index (χ2n) is 10.2. The van der Waals surface area contributed by atoms with Gasteiger partial charge in [-0.2, -0.15) is 4.31 Å². The lowest BCUT2D eigenvalue weighted by Gasteiger charge is -2.40. The van der Waals surface area contributed by atoms with Gasteiger partial charge >= 0.3 is 18.7 Å². The summed E-state index contributed by atoms with van der Waals surface area (Å²) >= 11 is 0. The number of ether oxygens (including phenoxy) is 2. The van der Waals surface area contributed by atoms with Crippen LogP contribution in [0.25, 0.3) is 11.0 Å². The molecule has 0 saturated carbocycles. The Bertz CT molecular complexity index is 1920. The fourth-order valence-electron chi connectivity index (χ4n) is 4.90. The Morgan fingerprint density at radius 2 is 1.50 bits per heavy atom. The molecule has 19 heteroatoms. The first kappa shape index (κ1) is 34.2. The maximum absolute atomic E-state index is 13.7. The summed E-state index contributed by atoms with van der Waals surface area (Å²) in [6.07, 6.45) is -8.64. The number of carbonyl (C=O) groups is 2. The topological polar surface area (TPSA) is 151 Å². The standard InChI is InChI=1S/C29H23F6N5O7S/c30-28(31,32)46-18-6-4-17(5-7-18)14-37-26(41)23-16-39(24-15-36-25-21(27(42)43)2-1-3-22(25)38-24)12-13-40(23)48(44,45)20-10-8-19(9-11-20)47-29(33,34)35/h1-11,15,23H,12-14,16H2,(H,37,41)(H,42,43)/t23-/m1/s1. The number of carboxylic acids is 1. The number of nitrogens with zero attached hydrogens (tertiary/aromatic N) is 4. The van der Waals surface area contributed by atoms with E-state index in [9.17, 15) is 49.5 Å². The molecule has 1 fully saturated rings. The highest BCUT2D eigenvalue weighted by Crippen LogP contribution is 2.29. The summed E-state index contributed by atoms with van der Waals surface area (Å²) in [5.74, 6) is -2.98. The number of piperazine rings is 1. The van der Waals surface area contributed by atoms with Gasteiger partial charge < -0.3 is 24.8 Å². The van der Waals surface area contributed by atoms with Crippen molar-refractivity contribution in [1.82, 2.24) is 19.6 Å². The van der Waals surface area contributed by atoms with Gasteiger partial charge in [-0.25, -0.2) is 23.2 Å². The van der Waals surface area contributed by atoms with Crippen molar-refractivity contribution in [3.8, 4) is 11.5 Å². The lowest BCUT2D eigenvalue weighted by Crippen LogP contribution is -2.60. The van der Waals surface area contributed by atoms with E-state index in [4.69, 9.17) is 0 Å². The average molecular weight is 700 g/mol. The van der Waals surface area contributed by atoms with Crippen molar-refractivity contribution in [1.29, 1.82) is 0 Å². The van der Waals surface area contributed by atoms with Crippen LogP contribution >= 0.6 is 0 Å². The minimum absolute atomic E-state index is 0.0161. The van der Waals surface area contributed by atoms with Crippen molar-refractivity contribution in [2.75, 3.05) is 24.5 Å². The summed E-state index contributed by atoms with van der Waals surface area (Å²) in [6.45, 7) is -0.804. The van der Waals surface area contributed by atoms with E-state index in [1.807, 2.05) is 0 Å². The molecule has 1 atom stereocenters. The second-order valence-corrected chi connectivity index (χ2v) is 12.1. The largest absolute Gasteiger partial charge is 0.573 e. The maximum Gasteiger partial charge on any atom is 0.573 e. The molecular formula is C29H23F6N5O7S. The molecule has 1 aliphatic rings. The van der Waals surface area contributed by atoms with Gasteiger partial charge in [0, 0.05) is 26.2 Å². The molecule has 5 rings (SSSR count). The van der Waals surface area contributed by atoms with E-state index in [2.05, 4.69) is 24.8 Å². The van der Waals surface area contributed by atoms with Crippen LogP contribution in [0.2, 0.25) is 0 Å². The third-order valence-corrected chi connectivity index (χ3v) is 8.96. The molecule has 48 heavy (non-hydrogen) atoms. The smallest absolute Gasteiger partial charge is 0.478 e. The molecule has 0 bridgehead atoms. The number of fused-ring (bicyclic) bond motifs is 1. The van der Waals surface area contributed by atoms with Crippen molar-refractivity contribution in [2.45, 2.75) is 30.2 Å². The fraction of sp³-hybridized carbons (Fsp3) is 0.241. The average Bonchev–Trinajstić information content (AvgIpc) is 3.02. The number of halogens is 6. The lowest BCUT2D eigenvalue weighted by atomic mass is 10.1. The van der Waals surface area contributed by atoms with Gasteiger partial charge in [0.2, 0.25) is 15.9 Å². The summed E-state index contributed by atoms with van der Waals surface area (Å²) in [5.41, 5.74) is 0.593. The van der Waals surface area contributed by atoms with Crippen LogP contribution in [-0.4, -0.2) is 78.1 Å². The van der Waals surface area contributed by atoms with Crippen molar-refractivity contribution < 1.29 is 58.9 Å². The summed E-state index contributed by atoms with van der Waals surface area (Å²) in [5, 5.41) is 12.0. The number of alkyl halides is 6. The van der Waals surface area contributed by atoms with E-state index in [-0.39, 0.29) is 48.6 Å². The Kier molecular flexibility index (Phi) is 9.36. The van der Waals surface area contributed by atoms with Gasteiger partial charge in [-0.3, -0.25) is 4.79 Å². The molecule has 0 unspecified atom stereocenters. The third kappa shape index (κ3) is 8.03. The SMILES string of the molecule is O=C(O)c1cccc2nc(N3CCN(S(=O)(=O)c4ccc(OC(F)(F)F)cc4)[C@@H](C(=O)NCc4ccc(OC(F)(F)F)cc4)C3)cnc12. The number of sulfonamides is 1. The molecule has 12 nitrogen and oxygen atoms in total. The molecule has 254 valence electrons. The Balaban J connectivity index is 1.41. The van der Waals surface area contributed by atoms with Gasteiger partial charge in [-0.05, 0) is 54.1 Å². The van der Waals surface area contributed by atoms with Crippen molar-refractivity contribution in [3.63, 3.8) is 0 Å². The van der Waals surface area contributed by atoms with Gasteiger partial charge in [-0.1, -0.05) is 18.2 Å².